The first-order valence-electron chi connectivity index (χ1n) is 4.11. The molecule has 1 aromatic rings. The lowest BCUT2D eigenvalue weighted by molar-refractivity contribution is -0.108. The largest absolute Gasteiger partial charge is 0.295 e. The van der Waals surface area contributed by atoms with Crippen LogP contribution in [0.3, 0.4) is 0 Å². The Bertz CT molecular complexity index is 303. The second kappa shape index (κ2) is 4.40. The molecule has 0 aromatic heterocycles. The Morgan fingerprint density at radius 2 is 2.00 bits per heavy atom. The van der Waals surface area contributed by atoms with Gasteiger partial charge in [0.05, 0.1) is 0 Å². The first kappa shape index (κ1) is 9.45. The Morgan fingerprint density at radius 3 is 2.46 bits per heavy atom. The van der Waals surface area contributed by atoms with E-state index < -0.39 is 0 Å². The van der Waals surface area contributed by atoms with Crippen LogP contribution in [0.15, 0.2) is 24.3 Å². The van der Waals surface area contributed by atoms with Crippen molar-refractivity contribution in [3.8, 4) is 0 Å². The van der Waals surface area contributed by atoms with E-state index in [4.69, 9.17) is 0 Å². The predicted molar refractivity (Wildman–Crippen MR) is 49.4 cm³/mol. The number of hydrogen-bond donors (Lipinski definition) is 1. The standard InChI is InChI=1S/C10H11NO2/c1-2-8-3-5-9(6-4-8)10(13)11-7-12/h3-7H,2H2,1H3,(H,11,12,13). The van der Waals surface area contributed by atoms with Gasteiger partial charge in [-0.2, -0.15) is 0 Å². The van der Waals surface area contributed by atoms with Gasteiger partial charge in [0, 0.05) is 5.56 Å². The number of aryl methyl sites for hydroxylation is 1. The molecular weight excluding hydrogens is 166 g/mol. The van der Waals surface area contributed by atoms with Gasteiger partial charge in [-0.3, -0.25) is 14.9 Å². The van der Waals surface area contributed by atoms with Gasteiger partial charge in [0.25, 0.3) is 5.91 Å². The van der Waals surface area contributed by atoms with Gasteiger partial charge in [0.1, 0.15) is 0 Å². The summed E-state index contributed by atoms with van der Waals surface area (Å²) >= 11 is 0. The van der Waals surface area contributed by atoms with Crippen LogP contribution in [0.25, 0.3) is 0 Å². The van der Waals surface area contributed by atoms with Crippen molar-refractivity contribution in [2.24, 2.45) is 0 Å². The summed E-state index contributed by atoms with van der Waals surface area (Å²) in [6.07, 6.45) is 1.33. The van der Waals surface area contributed by atoms with Crippen molar-refractivity contribution in [3.63, 3.8) is 0 Å². The summed E-state index contributed by atoms with van der Waals surface area (Å²) in [6, 6.07) is 7.16. The van der Waals surface area contributed by atoms with E-state index in [2.05, 4.69) is 5.32 Å². The topological polar surface area (TPSA) is 46.2 Å². The van der Waals surface area contributed by atoms with Crippen LogP contribution in [0.4, 0.5) is 0 Å². The van der Waals surface area contributed by atoms with Crippen molar-refractivity contribution in [1.82, 2.24) is 5.32 Å². The van der Waals surface area contributed by atoms with Gasteiger partial charge in [-0.05, 0) is 24.1 Å². The number of nitrogens with one attached hydrogen (secondary N) is 1. The molecule has 0 atom stereocenters. The van der Waals surface area contributed by atoms with E-state index in [9.17, 15) is 9.59 Å². The fraction of sp³-hybridized carbons (Fsp3) is 0.200. The number of carbonyl (C=O) groups is 2. The van der Waals surface area contributed by atoms with Crippen molar-refractivity contribution in [1.29, 1.82) is 0 Å². The number of hydrogen-bond acceptors (Lipinski definition) is 2. The van der Waals surface area contributed by atoms with Crippen LogP contribution in [0.2, 0.25) is 0 Å². The van der Waals surface area contributed by atoms with Crippen LogP contribution < -0.4 is 5.32 Å². The molecule has 1 rings (SSSR count). The minimum Gasteiger partial charge on any atom is -0.295 e. The highest BCUT2D eigenvalue weighted by atomic mass is 16.2. The third-order valence-electron chi connectivity index (χ3n) is 1.81. The van der Waals surface area contributed by atoms with Gasteiger partial charge < -0.3 is 0 Å². The van der Waals surface area contributed by atoms with Gasteiger partial charge in [0.2, 0.25) is 6.41 Å². The molecule has 3 heteroatoms. The third kappa shape index (κ3) is 2.40. The summed E-state index contributed by atoms with van der Waals surface area (Å²) in [6.45, 7) is 2.04. The van der Waals surface area contributed by atoms with E-state index in [0.29, 0.717) is 12.0 Å². The van der Waals surface area contributed by atoms with E-state index in [1.807, 2.05) is 19.1 Å². The highest BCUT2D eigenvalue weighted by molar-refractivity contribution is 5.99. The van der Waals surface area contributed by atoms with Crippen molar-refractivity contribution in [2.75, 3.05) is 0 Å². The first-order chi connectivity index (χ1) is 6.27. The van der Waals surface area contributed by atoms with Crippen molar-refractivity contribution >= 4 is 12.3 Å². The van der Waals surface area contributed by atoms with Crippen molar-refractivity contribution < 1.29 is 9.59 Å². The summed E-state index contributed by atoms with van der Waals surface area (Å²) in [5.41, 5.74) is 1.67. The minimum absolute atomic E-state index is 0.363. The summed E-state index contributed by atoms with van der Waals surface area (Å²) in [4.78, 5) is 21.1. The molecule has 0 heterocycles. The predicted octanol–water partition coefficient (Wildman–Crippen LogP) is 1.14. The first-order valence-corrected chi connectivity index (χ1v) is 4.11. The maximum atomic E-state index is 11.1. The zero-order valence-corrected chi connectivity index (χ0v) is 7.41. The molecule has 0 aliphatic rings. The highest BCUT2D eigenvalue weighted by Crippen LogP contribution is 2.04. The lowest BCUT2D eigenvalue weighted by Gasteiger charge is -1.99. The van der Waals surface area contributed by atoms with Gasteiger partial charge in [-0.15, -0.1) is 0 Å². The fourth-order valence-electron chi connectivity index (χ4n) is 1.03. The summed E-state index contributed by atoms with van der Waals surface area (Å²) in [5.74, 6) is -0.363. The normalized spacial score (nSPS) is 9.31. The molecule has 68 valence electrons. The summed E-state index contributed by atoms with van der Waals surface area (Å²) < 4.78 is 0. The minimum atomic E-state index is -0.363. The SMILES string of the molecule is CCc1ccc(C(=O)NC=O)cc1. The molecule has 0 radical (unpaired) electrons. The van der Waals surface area contributed by atoms with Crippen LogP contribution in [0.1, 0.15) is 22.8 Å². The molecule has 0 fully saturated rings. The van der Waals surface area contributed by atoms with Crippen LogP contribution >= 0.6 is 0 Å². The summed E-state index contributed by atoms with van der Waals surface area (Å²) in [7, 11) is 0. The fourth-order valence-corrected chi connectivity index (χ4v) is 1.03. The van der Waals surface area contributed by atoms with Crippen molar-refractivity contribution in [3.05, 3.63) is 35.4 Å². The molecule has 0 saturated carbocycles. The molecule has 0 saturated heterocycles. The Labute approximate surface area is 76.8 Å². The van der Waals surface area contributed by atoms with Crippen LogP contribution in [0.5, 0.6) is 0 Å². The van der Waals surface area contributed by atoms with Crippen molar-refractivity contribution in [2.45, 2.75) is 13.3 Å². The second-order valence-corrected chi connectivity index (χ2v) is 2.64. The number of amides is 2. The van der Waals surface area contributed by atoms with E-state index in [1.165, 1.54) is 5.56 Å². The maximum absolute atomic E-state index is 11.1. The molecule has 0 bridgehead atoms. The third-order valence-corrected chi connectivity index (χ3v) is 1.81. The average molecular weight is 177 g/mol. The summed E-state index contributed by atoms with van der Waals surface area (Å²) in [5, 5.41) is 2.08. The van der Waals surface area contributed by atoms with Crippen LogP contribution in [-0.2, 0) is 11.2 Å². The molecular formula is C10H11NO2. The molecule has 1 aromatic carbocycles. The zero-order valence-electron chi connectivity index (χ0n) is 7.41. The molecule has 2 amide bonds. The molecule has 1 N–H and O–H groups in total. The van der Waals surface area contributed by atoms with E-state index in [0.717, 1.165) is 6.42 Å². The maximum Gasteiger partial charge on any atom is 0.257 e. The van der Waals surface area contributed by atoms with E-state index in [1.54, 1.807) is 12.1 Å². The van der Waals surface area contributed by atoms with Crippen LogP contribution in [0, 0.1) is 0 Å². The molecule has 13 heavy (non-hydrogen) atoms. The lowest BCUT2D eigenvalue weighted by Crippen LogP contribution is -2.20. The van der Waals surface area contributed by atoms with Gasteiger partial charge in [-0.25, -0.2) is 0 Å². The molecule has 0 unspecified atom stereocenters. The van der Waals surface area contributed by atoms with Crippen LogP contribution in [-0.4, -0.2) is 12.3 Å². The van der Waals surface area contributed by atoms with Gasteiger partial charge in [0.15, 0.2) is 0 Å². The Kier molecular flexibility index (Phi) is 3.20. The monoisotopic (exact) mass is 177 g/mol. The number of carbonyl (C=O) groups excluding carboxylic acids is 2. The number of benzene rings is 1. The van der Waals surface area contributed by atoms with Gasteiger partial charge >= 0.3 is 0 Å². The average Bonchev–Trinajstić information content (AvgIpc) is 2.18. The molecule has 0 spiro atoms. The molecule has 0 aliphatic heterocycles. The van der Waals surface area contributed by atoms with E-state index in [-0.39, 0.29) is 5.91 Å². The highest BCUT2D eigenvalue weighted by Gasteiger charge is 2.02. The molecule has 0 aliphatic carbocycles. The number of rotatable bonds is 3. The quantitative estimate of drug-likeness (QED) is 0.703. The van der Waals surface area contributed by atoms with Gasteiger partial charge in [-0.1, -0.05) is 19.1 Å². The smallest absolute Gasteiger partial charge is 0.257 e. The zero-order chi connectivity index (χ0) is 9.68. The lowest BCUT2D eigenvalue weighted by atomic mass is 10.1. The Balaban J connectivity index is 2.79. The Morgan fingerprint density at radius 1 is 1.38 bits per heavy atom. The second-order valence-electron chi connectivity index (χ2n) is 2.64. The number of imide groups is 1. The Hall–Kier alpha value is -1.64. The molecule has 3 nitrogen and oxygen atoms in total. The van der Waals surface area contributed by atoms with E-state index >= 15 is 0 Å².